The van der Waals surface area contributed by atoms with E-state index in [1.54, 1.807) is 19.5 Å². The van der Waals surface area contributed by atoms with E-state index in [9.17, 15) is 0 Å². The molecular weight excluding hydrogens is 348 g/mol. The molecule has 0 aliphatic carbocycles. The van der Waals surface area contributed by atoms with Gasteiger partial charge in [0, 0.05) is 23.6 Å². The molecule has 3 rings (SSSR count). The van der Waals surface area contributed by atoms with E-state index in [2.05, 4.69) is 48.8 Å². The average molecular weight is 365 g/mol. The van der Waals surface area contributed by atoms with Gasteiger partial charge in [0.1, 0.15) is 11.9 Å². The molecule has 1 saturated heterocycles. The predicted octanol–water partition coefficient (Wildman–Crippen LogP) is 2.61. The van der Waals surface area contributed by atoms with Gasteiger partial charge < -0.3 is 14.4 Å². The molecule has 22 heavy (non-hydrogen) atoms. The van der Waals surface area contributed by atoms with Gasteiger partial charge >= 0.3 is 6.01 Å². The number of nitrogens with zero attached hydrogens (tertiary/aromatic N) is 4. The lowest BCUT2D eigenvalue weighted by molar-refractivity contribution is 0.205. The normalized spacial score (nSPS) is 17.6. The number of aromatic nitrogens is 3. The van der Waals surface area contributed by atoms with Crippen LogP contribution < -0.4 is 14.4 Å². The van der Waals surface area contributed by atoms with Gasteiger partial charge in [0.2, 0.25) is 0 Å². The smallest absolute Gasteiger partial charge is 0.316 e. The molecule has 0 bridgehead atoms. The van der Waals surface area contributed by atoms with Crippen LogP contribution in [0.1, 0.15) is 12.0 Å². The van der Waals surface area contributed by atoms with E-state index in [1.165, 1.54) is 0 Å². The summed E-state index contributed by atoms with van der Waals surface area (Å²) in [6.07, 6.45) is 6.03. The van der Waals surface area contributed by atoms with Crippen LogP contribution in [0.2, 0.25) is 0 Å². The summed E-state index contributed by atoms with van der Waals surface area (Å²) in [5.74, 6) is 1.63. The van der Waals surface area contributed by atoms with Crippen LogP contribution in [0.15, 0.2) is 29.1 Å². The van der Waals surface area contributed by atoms with E-state index >= 15 is 0 Å². The van der Waals surface area contributed by atoms with Gasteiger partial charge in [-0.25, -0.2) is 4.98 Å². The zero-order chi connectivity index (χ0) is 15.5. The third kappa shape index (κ3) is 3.30. The first-order valence-electron chi connectivity index (χ1n) is 7.05. The number of pyridine rings is 1. The van der Waals surface area contributed by atoms with Crippen molar-refractivity contribution in [1.29, 1.82) is 0 Å². The minimum Gasteiger partial charge on any atom is -0.494 e. The monoisotopic (exact) mass is 364 g/mol. The number of aryl methyl sites for hydroxylation is 1. The summed E-state index contributed by atoms with van der Waals surface area (Å²) in [6, 6.07) is 2.46. The number of hydrogen-bond donors (Lipinski definition) is 0. The second-order valence-corrected chi connectivity index (χ2v) is 6.09. The Morgan fingerprint density at radius 1 is 1.23 bits per heavy atom. The number of ether oxygens (including phenoxy) is 2. The number of rotatable bonds is 4. The Hall–Kier alpha value is -1.89. The molecule has 0 radical (unpaired) electrons. The molecule has 2 aromatic rings. The fraction of sp³-hybridized carbons (Fsp3) is 0.400. The van der Waals surface area contributed by atoms with Crippen LogP contribution in [0.3, 0.4) is 0 Å². The van der Waals surface area contributed by atoms with Gasteiger partial charge in [-0.15, -0.1) is 0 Å². The fourth-order valence-corrected chi connectivity index (χ4v) is 2.95. The highest BCUT2D eigenvalue weighted by Gasteiger charge is 2.26. The molecule has 0 aromatic carbocycles. The molecule has 3 heterocycles. The number of hydrogen-bond acceptors (Lipinski definition) is 6. The molecular formula is C15H17BrN4O2. The van der Waals surface area contributed by atoms with Crippen LogP contribution in [0.4, 0.5) is 5.82 Å². The molecule has 0 saturated carbocycles. The Morgan fingerprint density at radius 2 is 2.00 bits per heavy atom. The summed E-state index contributed by atoms with van der Waals surface area (Å²) in [4.78, 5) is 15.0. The maximum atomic E-state index is 5.83. The molecule has 0 N–H and O–H groups in total. The summed E-state index contributed by atoms with van der Waals surface area (Å²) in [7, 11) is 1.58. The zero-order valence-corrected chi connectivity index (χ0v) is 14.1. The molecule has 1 atom stereocenters. The molecule has 2 aromatic heterocycles. The summed E-state index contributed by atoms with van der Waals surface area (Å²) in [6.45, 7) is 3.76. The van der Waals surface area contributed by atoms with Crippen LogP contribution >= 0.6 is 15.9 Å². The molecule has 0 spiro atoms. The topological polar surface area (TPSA) is 60.4 Å². The first kappa shape index (κ1) is 15.0. The highest BCUT2D eigenvalue weighted by Crippen LogP contribution is 2.25. The lowest BCUT2D eigenvalue weighted by Gasteiger charge is -2.19. The van der Waals surface area contributed by atoms with Crippen molar-refractivity contribution in [2.75, 3.05) is 25.1 Å². The van der Waals surface area contributed by atoms with Crippen LogP contribution in [0.5, 0.6) is 11.8 Å². The number of halogens is 1. The summed E-state index contributed by atoms with van der Waals surface area (Å²) >= 11 is 3.44. The maximum absolute atomic E-state index is 5.83. The van der Waals surface area contributed by atoms with Crippen molar-refractivity contribution in [1.82, 2.24) is 15.0 Å². The van der Waals surface area contributed by atoms with Gasteiger partial charge in [0.15, 0.2) is 5.75 Å². The van der Waals surface area contributed by atoms with Crippen LogP contribution in [-0.2, 0) is 0 Å². The van der Waals surface area contributed by atoms with Crippen molar-refractivity contribution in [3.05, 3.63) is 34.7 Å². The highest BCUT2D eigenvalue weighted by atomic mass is 79.9. The highest BCUT2D eigenvalue weighted by molar-refractivity contribution is 9.10. The second-order valence-electron chi connectivity index (χ2n) is 5.17. The predicted molar refractivity (Wildman–Crippen MR) is 86.5 cm³/mol. The second kappa shape index (κ2) is 6.48. The molecule has 6 nitrogen and oxygen atoms in total. The van der Waals surface area contributed by atoms with Gasteiger partial charge in [-0.1, -0.05) is 0 Å². The SMILES string of the molecule is COc1cnc(OC2CCN(c3ncc(Br)cc3C)C2)nc1. The van der Waals surface area contributed by atoms with Gasteiger partial charge in [-0.05, 0) is 34.5 Å². The van der Waals surface area contributed by atoms with Crippen molar-refractivity contribution in [2.45, 2.75) is 19.4 Å². The van der Waals surface area contributed by atoms with Crippen molar-refractivity contribution in [2.24, 2.45) is 0 Å². The largest absolute Gasteiger partial charge is 0.494 e. The standard InChI is InChI=1S/C15H17BrN4O2/c1-10-5-11(16)6-17-14(10)20-4-3-12(9-20)22-15-18-7-13(21-2)8-19-15/h5-8,12H,3-4,9H2,1-2H3. The van der Waals surface area contributed by atoms with Crippen LogP contribution in [0.25, 0.3) is 0 Å². The minimum absolute atomic E-state index is 0.0678. The number of anilines is 1. The average Bonchev–Trinajstić information content (AvgIpc) is 2.96. The lowest BCUT2D eigenvalue weighted by Crippen LogP contribution is -2.26. The molecule has 1 aliphatic heterocycles. The number of methoxy groups -OCH3 is 1. The van der Waals surface area contributed by atoms with Crippen LogP contribution in [0, 0.1) is 6.92 Å². The van der Waals surface area contributed by atoms with E-state index in [1.807, 2.05) is 6.20 Å². The Balaban J connectivity index is 1.64. The Morgan fingerprint density at radius 3 is 2.68 bits per heavy atom. The van der Waals surface area contributed by atoms with Crippen molar-refractivity contribution >= 4 is 21.7 Å². The van der Waals surface area contributed by atoms with Crippen molar-refractivity contribution in [3.63, 3.8) is 0 Å². The molecule has 1 fully saturated rings. The quantitative estimate of drug-likeness (QED) is 0.830. The molecule has 116 valence electrons. The van der Waals surface area contributed by atoms with Gasteiger partial charge in [0.25, 0.3) is 0 Å². The zero-order valence-electron chi connectivity index (χ0n) is 12.5. The van der Waals surface area contributed by atoms with E-state index in [-0.39, 0.29) is 6.10 Å². The Labute approximate surface area is 137 Å². The summed E-state index contributed by atoms with van der Waals surface area (Å²) in [5, 5.41) is 0. The molecule has 1 aliphatic rings. The maximum Gasteiger partial charge on any atom is 0.316 e. The van der Waals surface area contributed by atoms with E-state index in [0.29, 0.717) is 11.8 Å². The molecule has 7 heteroatoms. The van der Waals surface area contributed by atoms with Gasteiger partial charge in [-0.2, -0.15) is 9.97 Å². The Kier molecular flexibility index (Phi) is 4.42. The molecule has 0 amide bonds. The third-order valence-corrected chi connectivity index (χ3v) is 4.01. The van der Waals surface area contributed by atoms with Gasteiger partial charge in [-0.3, -0.25) is 0 Å². The summed E-state index contributed by atoms with van der Waals surface area (Å²) < 4.78 is 11.9. The van der Waals surface area contributed by atoms with Crippen LogP contribution in [-0.4, -0.2) is 41.3 Å². The van der Waals surface area contributed by atoms with Crippen molar-refractivity contribution < 1.29 is 9.47 Å². The van der Waals surface area contributed by atoms with E-state index < -0.39 is 0 Å². The first-order valence-corrected chi connectivity index (χ1v) is 7.85. The summed E-state index contributed by atoms with van der Waals surface area (Å²) in [5.41, 5.74) is 1.15. The third-order valence-electron chi connectivity index (χ3n) is 3.57. The molecule has 1 unspecified atom stereocenters. The van der Waals surface area contributed by atoms with E-state index in [4.69, 9.17) is 9.47 Å². The first-order chi connectivity index (χ1) is 10.7. The van der Waals surface area contributed by atoms with E-state index in [0.717, 1.165) is 35.4 Å². The minimum atomic E-state index is 0.0678. The Bertz CT molecular complexity index is 650. The lowest BCUT2D eigenvalue weighted by atomic mass is 10.3. The fourth-order valence-electron chi connectivity index (χ4n) is 2.50. The van der Waals surface area contributed by atoms with Crippen molar-refractivity contribution in [3.8, 4) is 11.8 Å². The van der Waals surface area contributed by atoms with Gasteiger partial charge in [0.05, 0.1) is 26.0 Å².